The highest BCUT2D eigenvalue weighted by molar-refractivity contribution is 6.10. The van der Waals surface area contributed by atoms with Gasteiger partial charge in [-0.2, -0.15) is 0 Å². The Labute approximate surface area is 94.6 Å². The second kappa shape index (κ2) is 2.84. The van der Waals surface area contributed by atoms with Gasteiger partial charge < -0.3 is 0 Å². The van der Waals surface area contributed by atoms with Crippen LogP contribution in [-0.4, -0.2) is 11.8 Å². The molecule has 2 amide bonds. The molecule has 3 atom stereocenters. The Morgan fingerprint density at radius 3 is 2.56 bits per heavy atom. The predicted octanol–water partition coefficient (Wildman–Crippen LogP) is 1.56. The number of nitrogens with one attached hydrogen (secondary N) is 1. The van der Waals surface area contributed by atoms with E-state index in [0.29, 0.717) is 19.3 Å². The maximum absolute atomic E-state index is 12.2. The van der Waals surface area contributed by atoms with Crippen LogP contribution in [0.25, 0.3) is 0 Å². The first-order valence-corrected chi connectivity index (χ1v) is 5.81. The topological polar surface area (TPSA) is 46.2 Å². The zero-order valence-electron chi connectivity index (χ0n) is 9.32. The summed E-state index contributed by atoms with van der Waals surface area (Å²) in [6, 6.07) is 0. The normalized spacial score (nSPS) is 45.2. The molecule has 0 spiro atoms. The summed E-state index contributed by atoms with van der Waals surface area (Å²) in [5, 5.41) is 2.55. The molecule has 0 aromatic rings. The summed E-state index contributed by atoms with van der Waals surface area (Å²) in [5.41, 5.74) is -1.03. The van der Waals surface area contributed by atoms with Gasteiger partial charge >= 0.3 is 0 Å². The van der Waals surface area contributed by atoms with E-state index in [2.05, 4.69) is 17.5 Å². The molecule has 1 heterocycles. The third-order valence-electron chi connectivity index (χ3n) is 4.66. The van der Waals surface area contributed by atoms with Gasteiger partial charge in [0.15, 0.2) is 0 Å². The molecule has 16 heavy (non-hydrogen) atoms. The standard InChI is InChI=1S/C13H15NO2/c1-9-5-4-7-12-6-2-3-8-13(9,12)11(16)14-10(12)15/h2-5,9H,6-8H2,1H3,(H,14,15,16)/t9-,12-,13+/m1/s1. The quantitative estimate of drug-likeness (QED) is 0.494. The van der Waals surface area contributed by atoms with Gasteiger partial charge in [0.2, 0.25) is 11.8 Å². The molecule has 3 aliphatic rings. The van der Waals surface area contributed by atoms with Gasteiger partial charge in [0, 0.05) is 0 Å². The fraction of sp³-hybridized carbons (Fsp3) is 0.538. The maximum Gasteiger partial charge on any atom is 0.234 e. The minimum Gasteiger partial charge on any atom is -0.295 e. The molecule has 1 N–H and O–H groups in total. The first-order chi connectivity index (χ1) is 7.63. The third-order valence-corrected chi connectivity index (χ3v) is 4.66. The summed E-state index contributed by atoms with van der Waals surface area (Å²) in [6.07, 6.45) is 10.3. The van der Waals surface area contributed by atoms with Crippen molar-refractivity contribution in [3.05, 3.63) is 24.3 Å². The summed E-state index contributed by atoms with van der Waals surface area (Å²) in [7, 11) is 0. The molecule has 3 heteroatoms. The Hall–Kier alpha value is -1.38. The van der Waals surface area contributed by atoms with Crippen molar-refractivity contribution >= 4 is 11.8 Å². The SMILES string of the molecule is C[C@@H]1C=CC[C@@]23CC=CC[C@@]12C(=O)NC3=O. The highest BCUT2D eigenvalue weighted by atomic mass is 16.2. The lowest BCUT2D eigenvalue weighted by molar-refractivity contribution is -0.139. The number of hydrogen-bond acceptors (Lipinski definition) is 2. The van der Waals surface area contributed by atoms with Crippen molar-refractivity contribution in [1.29, 1.82) is 0 Å². The van der Waals surface area contributed by atoms with Crippen LogP contribution in [0.5, 0.6) is 0 Å². The number of hydrogen-bond donors (Lipinski definition) is 1. The van der Waals surface area contributed by atoms with Crippen molar-refractivity contribution in [3.63, 3.8) is 0 Å². The number of allylic oxidation sites excluding steroid dienone is 4. The van der Waals surface area contributed by atoms with Crippen molar-refractivity contribution in [2.45, 2.75) is 26.2 Å². The number of rotatable bonds is 0. The van der Waals surface area contributed by atoms with Crippen LogP contribution in [0.3, 0.4) is 0 Å². The lowest BCUT2D eigenvalue weighted by atomic mass is 9.51. The van der Waals surface area contributed by atoms with Crippen molar-refractivity contribution in [3.8, 4) is 0 Å². The number of carbonyl (C=O) groups excluding carboxylic acids is 2. The van der Waals surface area contributed by atoms with Crippen LogP contribution in [-0.2, 0) is 9.59 Å². The van der Waals surface area contributed by atoms with Gasteiger partial charge in [-0.05, 0) is 25.2 Å². The smallest absolute Gasteiger partial charge is 0.234 e. The van der Waals surface area contributed by atoms with Crippen molar-refractivity contribution in [2.24, 2.45) is 16.7 Å². The molecule has 0 saturated carbocycles. The molecule has 84 valence electrons. The lowest BCUT2D eigenvalue weighted by Gasteiger charge is -2.48. The van der Waals surface area contributed by atoms with Gasteiger partial charge in [0.25, 0.3) is 0 Å². The van der Waals surface area contributed by atoms with Crippen LogP contribution in [0, 0.1) is 16.7 Å². The van der Waals surface area contributed by atoms with Gasteiger partial charge in [0.1, 0.15) is 0 Å². The lowest BCUT2D eigenvalue weighted by Crippen LogP contribution is -2.51. The van der Waals surface area contributed by atoms with Crippen molar-refractivity contribution in [2.75, 3.05) is 0 Å². The van der Waals surface area contributed by atoms with Crippen LogP contribution >= 0.6 is 0 Å². The summed E-state index contributed by atoms with van der Waals surface area (Å²) >= 11 is 0. The van der Waals surface area contributed by atoms with E-state index in [-0.39, 0.29) is 17.7 Å². The Morgan fingerprint density at radius 2 is 1.81 bits per heavy atom. The second-order valence-electron chi connectivity index (χ2n) is 5.14. The largest absolute Gasteiger partial charge is 0.295 e. The molecule has 0 unspecified atom stereocenters. The molecule has 1 saturated heterocycles. The van der Waals surface area contributed by atoms with Crippen LogP contribution < -0.4 is 5.32 Å². The fourth-order valence-corrected chi connectivity index (χ4v) is 3.70. The fourth-order valence-electron chi connectivity index (χ4n) is 3.70. The third kappa shape index (κ3) is 0.819. The van der Waals surface area contributed by atoms with Gasteiger partial charge in [-0.15, -0.1) is 0 Å². The predicted molar refractivity (Wildman–Crippen MR) is 59.3 cm³/mol. The molecular weight excluding hydrogens is 202 g/mol. The second-order valence-corrected chi connectivity index (χ2v) is 5.14. The summed E-state index contributed by atoms with van der Waals surface area (Å²) in [6.45, 7) is 2.04. The average Bonchev–Trinajstić information content (AvgIpc) is 2.51. The van der Waals surface area contributed by atoms with Crippen LogP contribution in [0.2, 0.25) is 0 Å². The monoisotopic (exact) mass is 217 g/mol. The Balaban J connectivity index is 2.26. The maximum atomic E-state index is 12.2. The zero-order chi connectivity index (χ0) is 11.4. The highest BCUT2D eigenvalue weighted by Crippen LogP contribution is 2.60. The van der Waals surface area contributed by atoms with Crippen LogP contribution in [0.15, 0.2) is 24.3 Å². The van der Waals surface area contributed by atoms with Gasteiger partial charge in [0.05, 0.1) is 10.8 Å². The zero-order valence-corrected chi connectivity index (χ0v) is 9.32. The van der Waals surface area contributed by atoms with E-state index in [9.17, 15) is 9.59 Å². The molecule has 3 nitrogen and oxygen atoms in total. The number of carbonyl (C=O) groups is 2. The molecule has 0 aromatic heterocycles. The summed E-state index contributed by atoms with van der Waals surface area (Å²) in [5.74, 6) is -0.00519. The molecule has 0 radical (unpaired) electrons. The number of amides is 2. The first-order valence-electron chi connectivity index (χ1n) is 5.81. The molecule has 1 fully saturated rings. The van der Waals surface area contributed by atoms with E-state index in [1.54, 1.807) is 0 Å². The van der Waals surface area contributed by atoms with E-state index in [4.69, 9.17) is 0 Å². The van der Waals surface area contributed by atoms with Crippen LogP contribution in [0.4, 0.5) is 0 Å². The van der Waals surface area contributed by atoms with E-state index >= 15 is 0 Å². The summed E-state index contributed by atoms with van der Waals surface area (Å²) < 4.78 is 0. The number of imide groups is 1. The van der Waals surface area contributed by atoms with E-state index < -0.39 is 10.8 Å². The van der Waals surface area contributed by atoms with Gasteiger partial charge in [-0.3, -0.25) is 14.9 Å². The molecular formula is C13H15NO2. The molecule has 0 aromatic carbocycles. The minimum atomic E-state index is -0.520. The van der Waals surface area contributed by atoms with Crippen molar-refractivity contribution in [1.82, 2.24) is 5.32 Å². The van der Waals surface area contributed by atoms with Gasteiger partial charge in [-0.1, -0.05) is 31.2 Å². The van der Waals surface area contributed by atoms with Gasteiger partial charge in [-0.25, -0.2) is 0 Å². The molecule has 1 aliphatic heterocycles. The van der Waals surface area contributed by atoms with E-state index in [0.717, 1.165) is 0 Å². The minimum absolute atomic E-state index is 0.0706. The average molecular weight is 217 g/mol. The van der Waals surface area contributed by atoms with Crippen molar-refractivity contribution < 1.29 is 9.59 Å². The highest BCUT2D eigenvalue weighted by Gasteiger charge is 2.67. The van der Waals surface area contributed by atoms with E-state index in [1.807, 2.05) is 19.1 Å². The molecule has 2 aliphatic carbocycles. The Bertz CT molecular complexity index is 437. The van der Waals surface area contributed by atoms with E-state index in [1.165, 1.54) is 0 Å². The first kappa shape index (κ1) is 9.82. The Morgan fingerprint density at radius 1 is 1.12 bits per heavy atom. The Kier molecular flexibility index (Phi) is 1.74. The molecule has 3 rings (SSSR count). The molecule has 0 bridgehead atoms. The van der Waals surface area contributed by atoms with Crippen LogP contribution in [0.1, 0.15) is 26.2 Å². The summed E-state index contributed by atoms with van der Waals surface area (Å²) in [4.78, 5) is 24.3.